The molecule has 0 aromatic heterocycles. The zero-order chi connectivity index (χ0) is 14.7. The predicted octanol–water partition coefficient (Wildman–Crippen LogP) is 4.02. The van der Waals surface area contributed by atoms with E-state index in [9.17, 15) is 9.50 Å². The van der Waals surface area contributed by atoms with Crippen molar-refractivity contribution in [1.29, 1.82) is 0 Å². The van der Waals surface area contributed by atoms with E-state index in [0.717, 1.165) is 0 Å². The molecule has 0 saturated carbocycles. The molecule has 2 nitrogen and oxygen atoms in total. The topological polar surface area (TPSA) is 46.2 Å². The van der Waals surface area contributed by atoms with Crippen LogP contribution < -0.4 is 5.73 Å². The lowest BCUT2D eigenvalue weighted by molar-refractivity contribution is 0.145. The molecule has 0 aliphatic carbocycles. The summed E-state index contributed by atoms with van der Waals surface area (Å²) < 4.78 is 14.6. The molecule has 0 saturated heterocycles. The van der Waals surface area contributed by atoms with Crippen LogP contribution >= 0.6 is 27.5 Å². The Kier molecular flexibility index (Phi) is 5.16. The van der Waals surface area contributed by atoms with Gasteiger partial charge in [-0.25, -0.2) is 4.39 Å². The first kappa shape index (κ1) is 15.4. The SMILES string of the molecule is NCC(c1ccccc1F)C(O)c1cc(Cl)ccc1Br. The first-order valence-corrected chi connectivity index (χ1v) is 7.29. The van der Waals surface area contributed by atoms with E-state index >= 15 is 0 Å². The van der Waals surface area contributed by atoms with Gasteiger partial charge in [-0.2, -0.15) is 0 Å². The van der Waals surface area contributed by atoms with Gasteiger partial charge < -0.3 is 10.8 Å². The van der Waals surface area contributed by atoms with Gasteiger partial charge in [0.1, 0.15) is 5.82 Å². The van der Waals surface area contributed by atoms with E-state index in [4.69, 9.17) is 17.3 Å². The van der Waals surface area contributed by atoms with Gasteiger partial charge in [0.25, 0.3) is 0 Å². The van der Waals surface area contributed by atoms with E-state index in [2.05, 4.69) is 15.9 Å². The number of aliphatic hydroxyl groups excluding tert-OH is 1. The third kappa shape index (κ3) is 3.20. The monoisotopic (exact) mass is 357 g/mol. The highest BCUT2D eigenvalue weighted by Gasteiger charge is 2.25. The van der Waals surface area contributed by atoms with E-state index in [1.807, 2.05) is 0 Å². The van der Waals surface area contributed by atoms with E-state index in [0.29, 0.717) is 20.6 Å². The van der Waals surface area contributed by atoms with E-state index in [1.165, 1.54) is 6.07 Å². The first-order chi connectivity index (χ1) is 9.54. The number of aliphatic hydroxyl groups is 1. The molecular formula is C15H14BrClFNO. The third-order valence-corrected chi connectivity index (χ3v) is 4.17. The molecule has 2 unspecified atom stereocenters. The minimum atomic E-state index is -0.940. The van der Waals surface area contributed by atoms with Crippen LogP contribution in [-0.2, 0) is 0 Å². The van der Waals surface area contributed by atoms with Crippen LogP contribution in [0.25, 0.3) is 0 Å². The van der Waals surface area contributed by atoms with Crippen molar-refractivity contribution in [3.63, 3.8) is 0 Å². The Labute approximate surface area is 130 Å². The van der Waals surface area contributed by atoms with Crippen LogP contribution in [0.4, 0.5) is 4.39 Å². The molecule has 0 spiro atoms. The summed E-state index contributed by atoms with van der Waals surface area (Å²) in [5.41, 5.74) is 6.72. The van der Waals surface area contributed by atoms with Gasteiger partial charge in [-0.15, -0.1) is 0 Å². The Hall–Kier alpha value is -0.940. The smallest absolute Gasteiger partial charge is 0.126 e. The molecule has 2 aromatic rings. The fraction of sp³-hybridized carbons (Fsp3) is 0.200. The minimum absolute atomic E-state index is 0.126. The molecule has 0 aliphatic rings. The fourth-order valence-electron chi connectivity index (χ4n) is 2.16. The lowest BCUT2D eigenvalue weighted by atomic mass is 9.89. The van der Waals surface area contributed by atoms with Crippen molar-refractivity contribution in [2.24, 2.45) is 5.73 Å². The summed E-state index contributed by atoms with van der Waals surface area (Å²) in [6, 6.07) is 11.4. The maximum atomic E-state index is 13.9. The Morgan fingerprint density at radius 1 is 1.20 bits per heavy atom. The van der Waals surface area contributed by atoms with Crippen LogP contribution in [0.1, 0.15) is 23.1 Å². The Bertz CT molecular complexity index is 608. The van der Waals surface area contributed by atoms with Gasteiger partial charge in [-0.05, 0) is 35.4 Å². The highest BCUT2D eigenvalue weighted by molar-refractivity contribution is 9.10. The van der Waals surface area contributed by atoms with Gasteiger partial charge in [0.05, 0.1) is 6.10 Å². The molecule has 5 heteroatoms. The van der Waals surface area contributed by atoms with Crippen molar-refractivity contribution < 1.29 is 9.50 Å². The van der Waals surface area contributed by atoms with Gasteiger partial charge in [0, 0.05) is 22.0 Å². The second-order valence-electron chi connectivity index (χ2n) is 4.47. The van der Waals surface area contributed by atoms with Gasteiger partial charge in [-0.1, -0.05) is 45.7 Å². The molecule has 0 heterocycles. The highest BCUT2D eigenvalue weighted by Crippen LogP contribution is 2.36. The van der Waals surface area contributed by atoms with Crippen molar-refractivity contribution in [2.75, 3.05) is 6.54 Å². The normalized spacial score (nSPS) is 14.1. The number of hydrogen-bond acceptors (Lipinski definition) is 2. The summed E-state index contributed by atoms with van der Waals surface area (Å²) in [5.74, 6) is -0.911. The van der Waals surface area contributed by atoms with Crippen LogP contribution in [0.2, 0.25) is 5.02 Å². The van der Waals surface area contributed by atoms with Crippen LogP contribution in [0.15, 0.2) is 46.9 Å². The molecule has 106 valence electrons. The molecular weight excluding hydrogens is 345 g/mol. The Morgan fingerprint density at radius 3 is 2.55 bits per heavy atom. The molecule has 2 rings (SSSR count). The molecule has 0 bridgehead atoms. The van der Waals surface area contributed by atoms with Crippen LogP contribution in [0.3, 0.4) is 0 Å². The van der Waals surface area contributed by atoms with Gasteiger partial charge in [-0.3, -0.25) is 0 Å². The first-order valence-electron chi connectivity index (χ1n) is 6.12. The number of halogens is 3. The zero-order valence-electron chi connectivity index (χ0n) is 10.6. The average Bonchev–Trinajstić information content (AvgIpc) is 2.44. The second kappa shape index (κ2) is 6.68. The zero-order valence-corrected chi connectivity index (χ0v) is 12.9. The van der Waals surface area contributed by atoms with E-state index in [-0.39, 0.29) is 12.4 Å². The van der Waals surface area contributed by atoms with Gasteiger partial charge >= 0.3 is 0 Å². The number of benzene rings is 2. The number of nitrogens with two attached hydrogens (primary N) is 1. The highest BCUT2D eigenvalue weighted by atomic mass is 79.9. The molecule has 2 atom stereocenters. The molecule has 0 aliphatic heterocycles. The summed E-state index contributed by atoms with van der Waals surface area (Å²) in [5, 5.41) is 11.0. The maximum absolute atomic E-state index is 13.9. The largest absolute Gasteiger partial charge is 0.388 e. The molecule has 2 aromatic carbocycles. The third-order valence-electron chi connectivity index (χ3n) is 3.22. The van der Waals surface area contributed by atoms with Crippen LogP contribution in [0.5, 0.6) is 0 Å². The average molecular weight is 359 g/mol. The van der Waals surface area contributed by atoms with Crippen molar-refractivity contribution in [3.8, 4) is 0 Å². The number of rotatable bonds is 4. The van der Waals surface area contributed by atoms with Crippen molar-refractivity contribution in [3.05, 3.63) is 68.9 Å². The molecule has 0 fully saturated rings. The summed E-state index contributed by atoms with van der Waals surface area (Å²) in [7, 11) is 0. The van der Waals surface area contributed by atoms with Gasteiger partial charge in [0.2, 0.25) is 0 Å². The van der Waals surface area contributed by atoms with Crippen LogP contribution in [0, 0.1) is 5.82 Å². The maximum Gasteiger partial charge on any atom is 0.126 e. The summed E-state index contributed by atoms with van der Waals surface area (Å²) in [6.07, 6.45) is -0.940. The van der Waals surface area contributed by atoms with Crippen molar-refractivity contribution in [2.45, 2.75) is 12.0 Å². The fourth-order valence-corrected chi connectivity index (χ4v) is 2.82. The Balaban J connectivity index is 2.41. The van der Waals surface area contributed by atoms with Crippen molar-refractivity contribution >= 4 is 27.5 Å². The molecule has 0 radical (unpaired) electrons. The quantitative estimate of drug-likeness (QED) is 0.867. The van der Waals surface area contributed by atoms with Crippen LogP contribution in [-0.4, -0.2) is 11.7 Å². The lowest BCUT2D eigenvalue weighted by Gasteiger charge is -2.23. The van der Waals surface area contributed by atoms with E-state index in [1.54, 1.807) is 36.4 Å². The second-order valence-corrected chi connectivity index (χ2v) is 5.77. The van der Waals surface area contributed by atoms with E-state index < -0.39 is 12.0 Å². The standard InChI is InChI=1S/C15H14BrClFNO/c16-13-6-5-9(17)7-11(13)15(20)12(8-19)10-3-1-2-4-14(10)18/h1-7,12,15,20H,8,19H2. The van der Waals surface area contributed by atoms with Gasteiger partial charge in [0.15, 0.2) is 0 Å². The number of hydrogen-bond donors (Lipinski definition) is 2. The molecule has 0 amide bonds. The minimum Gasteiger partial charge on any atom is -0.388 e. The summed E-state index contributed by atoms with van der Waals surface area (Å²) >= 11 is 9.32. The predicted molar refractivity (Wildman–Crippen MR) is 82.3 cm³/mol. The molecule has 20 heavy (non-hydrogen) atoms. The lowest BCUT2D eigenvalue weighted by Crippen LogP contribution is -2.21. The Morgan fingerprint density at radius 2 is 1.90 bits per heavy atom. The summed E-state index contributed by atoms with van der Waals surface area (Å²) in [4.78, 5) is 0. The van der Waals surface area contributed by atoms with Crippen molar-refractivity contribution in [1.82, 2.24) is 0 Å². The molecule has 3 N–H and O–H groups in total. The summed E-state index contributed by atoms with van der Waals surface area (Å²) in [6.45, 7) is 0.126.